The molecule has 4 nitrogen and oxygen atoms in total. The number of thiazole rings is 1. The highest BCUT2D eigenvalue weighted by Gasteiger charge is 2.44. The first kappa shape index (κ1) is 16.5. The van der Waals surface area contributed by atoms with Crippen molar-refractivity contribution in [2.24, 2.45) is 5.41 Å². The smallest absolute Gasteiger partial charge is 0.206 e. The lowest BCUT2D eigenvalue weighted by molar-refractivity contribution is -0.118. The third-order valence-electron chi connectivity index (χ3n) is 5.31. The number of nitrogens with zero attached hydrogens (tertiary/aromatic N) is 2. The fourth-order valence-corrected chi connectivity index (χ4v) is 5.12. The summed E-state index contributed by atoms with van der Waals surface area (Å²) in [7, 11) is 0. The van der Waals surface area contributed by atoms with Crippen LogP contribution in [0, 0.1) is 5.41 Å². The summed E-state index contributed by atoms with van der Waals surface area (Å²) in [6, 6.07) is 18.3. The second-order valence-electron chi connectivity index (χ2n) is 8.09. The van der Waals surface area contributed by atoms with Crippen molar-refractivity contribution in [1.29, 1.82) is 0 Å². The molecule has 1 aromatic heterocycles. The van der Waals surface area contributed by atoms with Gasteiger partial charge < -0.3 is 0 Å². The summed E-state index contributed by atoms with van der Waals surface area (Å²) in [6.45, 7) is 4.32. The Morgan fingerprint density at radius 2 is 1.81 bits per heavy atom. The van der Waals surface area contributed by atoms with E-state index in [1.807, 2.05) is 36.4 Å². The predicted molar refractivity (Wildman–Crippen MR) is 109 cm³/mol. The number of fused-ring (bicyclic) bond motifs is 1. The molecular weight excluding hydrogens is 354 g/mol. The van der Waals surface area contributed by atoms with Gasteiger partial charge in [-0.3, -0.25) is 10.2 Å². The Morgan fingerprint density at radius 3 is 2.59 bits per heavy atom. The topological polar surface area (TPSA) is 45.2 Å². The lowest BCUT2D eigenvalue weighted by atomic mass is 9.74. The molecule has 1 N–H and O–H groups in total. The largest absolute Gasteiger partial charge is 0.299 e. The number of hydrazine groups is 1. The summed E-state index contributed by atoms with van der Waals surface area (Å²) in [6.07, 6.45) is 1.46. The second kappa shape index (κ2) is 5.92. The maximum Gasteiger partial charge on any atom is 0.206 e. The van der Waals surface area contributed by atoms with Gasteiger partial charge in [0.15, 0.2) is 5.78 Å². The van der Waals surface area contributed by atoms with Gasteiger partial charge in [-0.2, -0.15) is 0 Å². The normalized spacial score (nSPS) is 21.5. The van der Waals surface area contributed by atoms with Gasteiger partial charge in [0, 0.05) is 17.7 Å². The molecule has 0 bridgehead atoms. The SMILES string of the molecule is CC1(C)CC(=O)C2=C(C1)NN(c1nc3ccccc3s1)[C@H]2c1ccccc1. The van der Waals surface area contributed by atoms with E-state index in [0.717, 1.165) is 38.6 Å². The fraction of sp³-hybridized carbons (Fsp3) is 0.273. The molecular formula is C22H21N3OS. The minimum Gasteiger partial charge on any atom is -0.299 e. The van der Waals surface area contributed by atoms with Crippen molar-refractivity contribution in [3.8, 4) is 0 Å². The Hall–Kier alpha value is -2.66. The van der Waals surface area contributed by atoms with E-state index in [0.29, 0.717) is 6.42 Å². The van der Waals surface area contributed by atoms with Gasteiger partial charge in [0.2, 0.25) is 5.13 Å². The number of para-hydroxylation sites is 1. The van der Waals surface area contributed by atoms with E-state index < -0.39 is 0 Å². The van der Waals surface area contributed by atoms with Crippen LogP contribution in [-0.2, 0) is 4.79 Å². The summed E-state index contributed by atoms with van der Waals surface area (Å²) >= 11 is 1.65. The Labute approximate surface area is 162 Å². The van der Waals surface area contributed by atoms with Gasteiger partial charge in [0.05, 0.1) is 10.2 Å². The van der Waals surface area contributed by atoms with Crippen molar-refractivity contribution in [3.63, 3.8) is 0 Å². The number of hydrogen-bond acceptors (Lipinski definition) is 5. The molecule has 0 amide bonds. The molecule has 0 saturated carbocycles. The molecule has 2 aromatic carbocycles. The molecule has 1 atom stereocenters. The predicted octanol–water partition coefficient (Wildman–Crippen LogP) is 5.01. The average molecular weight is 375 g/mol. The summed E-state index contributed by atoms with van der Waals surface area (Å²) in [5.74, 6) is 0.242. The molecule has 2 aliphatic rings. The first-order valence-corrected chi connectivity index (χ1v) is 10.1. The summed E-state index contributed by atoms with van der Waals surface area (Å²) in [5, 5.41) is 2.98. The van der Waals surface area contributed by atoms with Crippen LogP contribution in [0.3, 0.4) is 0 Å². The van der Waals surface area contributed by atoms with E-state index in [2.05, 4.69) is 42.5 Å². The van der Waals surface area contributed by atoms with Crippen LogP contribution in [0.5, 0.6) is 0 Å². The van der Waals surface area contributed by atoms with Gasteiger partial charge in [-0.05, 0) is 29.5 Å². The number of allylic oxidation sites excluding steroid dienone is 1. The molecule has 0 spiro atoms. The molecule has 2 heterocycles. The van der Waals surface area contributed by atoms with Gasteiger partial charge in [-0.25, -0.2) is 9.99 Å². The minimum atomic E-state index is -0.134. The van der Waals surface area contributed by atoms with Crippen LogP contribution in [0.25, 0.3) is 10.2 Å². The third kappa shape index (κ3) is 2.73. The minimum absolute atomic E-state index is 0.0201. The Bertz CT molecular complexity index is 1030. The molecule has 0 unspecified atom stereocenters. The zero-order valence-corrected chi connectivity index (χ0v) is 16.2. The van der Waals surface area contributed by atoms with Crippen LogP contribution < -0.4 is 10.4 Å². The Balaban J connectivity index is 1.64. The standard InChI is InChI=1S/C22H21N3OS/c1-22(2)12-16-19(17(26)13-22)20(14-8-4-3-5-9-14)25(24-16)21-23-15-10-6-7-11-18(15)27-21/h3-11,20,24H,12-13H2,1-2H3/t20-/m0/s1. The van der Waals surface area contributed by atoms with Crippen LogP contribution in [0.4, 0.5) is 5.13 Å². The summed E-state index contributed by atoms with van der Waals surface area (Å²) in [4.78, 5) is 17.9. The molecule has 5 heteroatoms. The van der Waals surface area contributed by atoms with Crippen molar-refractivity contribution in [3.05, 3.63) is 71.4 Å². The van der Waals surface area contributed by atoms with Crippen LogP contribution in [0.2, 0.25) is 0 Å². The van der Waals surface area contributed by atoms with E-state index in [9.17, 15) is 4.79 Å². The number of hydrogen-bond donors (Lipinski definition) is 1. The van der Waals surface area contributed by atoms with Crippen LogP contribution in [0.15, 0.2) is 65.9 Å². The zero-order valence-electron chi connectivity index (χ0n) is 15.4. The van der Waals surface area contributed by atoms with Crippen LogP contribution in [0.1, 0.15) is 38.3 Å². The summed E-state index contributed by atoms with van der Waals surface area (Å²) in [5.41, 5.74) is 7.57. The zero-order chi connectivity index (χ0) is 18.6. The van der Waals surface area contributed by atoms with Gasteiger partial charge in [-0.15, -0.1) is 0 Å². The number of ketones is 1. The van der Waals surface area contributed by atoms with E-state index in [-0.39, 0.29) is 17.2 Å². The molecule has 1 aliphatic carbocycles. The molecule has 0 fully saturated rings. The number of anilines is 1. The van der Waals surface area contributed by atoms with Crippen molar-refractivity contribution in [1.82, 2.24) is 10.4 Å². The maximum absolute atomic E-state index is 13.1. The van der Waals surface area contributed by atoms with Gasteiger partial charge >= 0.3 is 0 Å². The van der Waals surface area contributed by atoms with E-state index >= 15 is 0 Å². The number of carbonyl (C=O) groups excluding carboxylic acids is 1. The van der Waals surface area contributed by atoms with Crippen molar-refractivity contribution in [2.45, 2.75) is 32.7 Å². The molecule has 1 aliphatic heterocycles. The Morgan fingerprint density at radius 1 is 1.07 bits per heavy atom. The molecule has 0 saturated heterocycles. The van der Waals surface area contributed by atoms with Gasteiger partial charge in [0.25, 0.3) is 0 Å². The lowest BCUT2D eigenvalue weighted by Crippen LogP contribution is -2.34. The van der Waals surface area contributed by atoms with Crippen molar-refractivity contribution in [2.75, 3.05) is 5.01 Å². The van der Waals surface area contributed by atoms with E-state index in [4.69, 9.17) is 4.98 Å². The first-order valence-electron chi connectivity index (χ1n) is 9.24. The molecule has 136 valence electrons. The number of nitrogens with one attached hydrogen (secondary N) is 1. The quantitative estimate of drug-likeness (QED) is 0.684. The van der Waals surface area contributed by atoms with Gasteiger partial charge in [0.1, 0.15) is 6.04 Å². The lowest BCUT2D eigenvalue weighted by Gasteiger charge is -2.29. The van der Waals surface area contributed by atoms with E-state index in [1.54, 1.807) is 11.3 Å². The fourth-order valence-electron chi connectivity index (χ4n) is 4.16. The van der Waals surface area contributed by atoms with Crippen LogP contribution >= 0.6 is 11.3 Å². The number of aromatic nitrogens is 1. The molecule has 5 rings (SSSR count). The summed E-state index contributed by atoms with van der Waals surface area (Å²) < 4.78 is 1.15. The molecule has 0 radical (unpaired) electrons. The van der Waals surface area contributed by atoms with Crippen molar-refractivity contribution >= 4 is 32.5 Å². The highest BCUT2D eigenvalue weighted by atomic mass is 32.1. The first-order chi connectivity index (χ1) is 13.0. The number of carbonyl (C=O) groups is 1. The number of rotatable bonds is 2. The van der Waals surface area contributed by atoms with Crippen LogP contribution in [-0.4, -0.2) is 10.8 Å². The van der Waals surface area contributed by atoms with Crippen molar-refractivity contribution < 1.29 is 4.79 Å². The molecule has 27 heavy (non-hydrogen) atoms. The van der Waals surface area contributed by atoms with Gasteiger partial charge in [-0.1, -0.05) is 67.6 Å². The monoisotopic (exact) mass is 375 g/mol. The molecule has 3 aromatic rings. The second-order valence-corrected chi connectivity index (χ2v) is 9.10. The number of Topliss-reactive ketones (excluding diaryl/α,β-unsaturated/α-hetero) is 1. The highest BCUT2D eigenvalue weighted by molar-refractivity contribution is 7.22. The van der Waals surface area contributed by atoms with E-state index in [1.165, 1.54) is 0 Å². The number of benzene rings is 2. The Kier molecular flexibility index (Phi) is 3.62. The highest BCUT2D eigenvalue weighted by Crippen LogP contribution is 2.47. The third-order valence-corrected chi connectivity index (χ3v) is 6.35. The maximum atomic E-state index is 13.1. The average Bonchev–Trinajstić information content (AvgIpc) is 3.22.